The van der Waals surface area contributed by atoms with Crippen molar-refractivity contribution >= 4 is 22.3 Å². The lowest BCUT2D eigenvalue weighted by Crippen LogP contribution is -2.17. The second-order valence-corrected chi connectivity index (χ2v) is 8.27. The molecule has 35 heavy (non-hydrogen) atoms. The number of aromatic nitrogens is 2. The van der Waals surface area contributed by atoms with Gasteiger partial charge in [0.05, 0.1) is 25.7 Å². The van der Waals surface area contributed by atoms with E-state index in [1.165, 1.54) is 6.33 Å². The fourth-order valence-electron chi connectivity index (χ4n) is 4.76. The number of nitrogens with one attached hydrogen (secondary N) is 1. The Balaban J connectivity index is 1.60. The third-order valence-corrected chi connectivity index (χ3v) is 6.36. The summed E-state index contributed by atoms with van der Waals surface area (Å²) < 4.78 is 17.5. The summed E-state index contributed by atoms with van der Waals surface area (Å²) in [6, 6.07) is 28.2. The van der Waals surface area contributed by atoms with Gasteiger partial charge in [-0.05, 0) is 47.2 Å². The fourth-order valence-corrected chi connectivity index (χ4v) is 4.76. The zero-order valence-electron chi connectivity index (χ0n) is 19.4. The van der Waals surface area contributed by atoms with E-state index in [1.807, 2.05) is 54.6 Å². The van der Waals surface area contributed by atoms with Gasteiger partial charge in [0.25, 0.3) is 0 Å². The number of hydrogen-bond donors (Lipinski definition) is 1. The molecule has 2 heterocycles. The quantitative estimate of drug-likeness (QED) is 0.309. The lowest BCUT2D eigenvalue weighted by Gasteiger charge is -2.31. The van der Waals surface area contributed by atoms with Crippen LogP contribution >= 0.6 is 0 Å². The average molecular weight is 462 g/mol. The number of hydrogen-bond acceptors (Lipinski definition) is 6. The third-order valence-electron chi connectivity index (χ3n) is 6.36. The molecule has 1 aliphatic rings. The molecule has 0 aliphatic carbocycles. The van der Waals surface area contributed by atoms with Gasteiger partial charge >= 0.3 is 0 Å². The molecule has 6 nitrogen and oxygen atoms in total. The molecule has 4 aromatic carbocycles. The Kier molecular flexibility index (Phi) is 5.19. The molecule has 172 valence electrons. The summed E-state index contributed by atoms with van der Waals surface area (Å²) in [6.45, 7) is 0. The normalized spacial score (nSPS) is 13.9. The second-order valence-electron chi connectivity index (χ2n) is 8.27. The topological polar surface area (TPSA) is 65.5 Å². The zero-order chi connectivity index (χ0) is 23.8. The van der Waals surface area contributed by atoms with Crippen molar-refractivity contribution in [1.82, 2.24) is 9.97 Å². The van der Waals surface area contributed by atoms with Gasteiger partial charge in [0.2, 0.25) is 5.88 Å². The Bertz CT molecular complexity index is 1530. The highest BCUT2D eigenvalue weighted by atomic mass is 16.5. The molecule has 1 aromatic heterocycles. The van der Waals surface area contributed by atoms with Crippen LogP contribution in [0.15, 0.2) is 91.3 Å². The van der Waals surface area contributed by atoms with Crippen LogP contribution in [0.4, 0.5) is 11.5 Å². The highest BCUT2D eigenvalue weighted by Gasteiger charge is 2.35. The first-order valence-corrected chi connectivity index (χ1v) is 11.3. The van der Waals surface area contributed by atoms with Crippen molar-refractivity contribution in [3.05, 3.63) is 108 Å². The molecule has 1 aliphatic heterocycles. The summed E-state index contributed by atoms with van der Waals surface area (Å²) in [7, 11) is 3.35. The maximum Gasteiger partial charge on any atom is 0.228 e. The first-order valence-electron chi connectivity index (χ1n) is 11.3. The fraction of sp³-hybridized carbons (Fsp3) is 0.103. The maximum atomic E-state index is 6.37. The summed E-state index contributed by atoms with van der Waals surface area (Å²) in [5.74, 6) is 3.35. The van der Waals surface area contributed by atoms with Crippen molar-refractivity contribution in [2.24, 2.45) is 0 Å². The number of rotatable bonds is 5. The van der Waals surface area contributed by atoms with Crippen LogP contribution in [0.3, 0.4) is 0 Å². The lowest BCUT2D eigenvalue weighted by atomic mass is 9.80. The highest BCUT2D eigenvalue weighted by Crippen LogP contribution is 2.52. The predicted octanol–water partition coefficient (Wildman–Crippen LogP) is 6.68. The van der Waals surface area contributed by atoms with Crippen molar-refractivity contribution in [3.63, 3.8) is 0 Å². The standard InChI is InChI=1S/C29H23N3O3/c1-33-20-14-12-19(13-15-20)32-28-27-26(22-9-5-6-10-23(22)34-2)25-21-8-4-3-7-18(21)11-16-24(25)35-29(27)31-17-30-28/h3-17,26H,1-2H3,(H,30,31,32). The van der Waals surface area contributed by atoms with Crippen LogP contribution < -0.4 is 19.5 Å². The molecule has 0 spiro atoms. The van der Waals surface area contributed by atoms with Gasteiger partial charge in [0.1, 0.15) is 29.4 Å². The van der Waals surface area contributed by atoms with Crippen molar-refractivity contribution in [1.29, 1.82) is 0 Å². The van der Waals surface area contributed by atoms with Crippen LogP contribution in [0, 0.1) is 0 Å². The van der Waals surface area contributed by atoms with Gasteiger partial charge in [0.15, 0.2) is 0 Å². The van der Waals surface area contributed by atoms with Gasteiger partial charge in [-0.1, -0.05) is 48.5 Å². The molecule has 6 rings (SSSR count). The van der Waals surface area contributed by atoms with Crippen LogP contribution in [-0.2, 0) is 0 Å². The predicted molar refractivity (Wildman–Crippen MR) is 136 cm³/mol. The van der Waals surface area contributed by atoms with Crippen molar-refractivity contribution in [3.8, 4) is 23.1 Å². The van der Waals surface area contributed by atoms with E-state index >= 15 is 0 Å². The van der Waals surface area contributed by atoms with Crippen molar-refractivity contribution in [2.45, 2.75) is 5.92 Å². The smallest absolute Gasteiger partial charge is 0.228 e. The third kappa shape index (κ3) is 3.60. The SMILES string of the molecule is COc1ccc(Nc2ncnc3c2C(c2ccccc2OC)c2c(ccc4ccccc24)O3)cc1. The summed E-state index contributed by atoms with van der Waals surface area (Å²) in [6.07, 6.45) is 1.52. The van der Waals surface area contributed by atoms with E-state index in [4.69, 9.17) is 14.2 Å². The number of nitrogens with zero attached hydrogens (tertiary/aromatic N) is 2. The monoisotopic (exact) mass is 461 g/mol. The second kappa shape index (κ2) is 8.65. The van der Waals surface area contributed by atoms with E-state index in [-0.39, 0.29) is 5.92 Å². The largest absolute Gasteiger partial charge is 0.497 e. The highest BCUT2D eigenvalue weighted by molar-refractivity contribution is 5.91. The molecule has 1 unspecified atom stereocenters. The van der Waals surface area contributed by atoms with Gasteiger partial charge in [-0.2, -0.15) is 0 Å². The van der Waals surface area contributed by atoms with Gasteiger partial charge < -0.3 is 19.5 Å². The minimum atomic E-state index is -0.210. The Labute approximate surface area is 203 Å². The van der Waals surface area contributed by atoms with Crippen LogP contribution in [-0.4, -0.2) is 24.2 Å². The Morgan fingerprint density at radius 2 is 1.57 bits per heavy atom. The number of methoxy groups -OCH3 is 2. The van der Waals surface area contributed by atoms with E-state index < -0.39 is 0 Å². The molecule has 1 atom stereocenters. The molecule has 0 bridgehead atoms. The van der Waals surface area contributed by atoms with Crippen LogP contribution in [0.1, 0.15) is 22.6 Å². The first-order chi connectivity index (χ1) is 17.3. The molecule has 0 saturated carbocycles. The summed E-state index contributed by atoms with van der Waals surface area (Å²) in [4.78, 5) is 9.16. The van der Waals surface area contributed by atoms with Gasteiger partial charge in [-0.3, -0.25) is 0 Å². The zero-order valence-corrected chi connectivity index (χ0v) is 19.4. The van der Waals surface area contributed by atoms with E-state index in [1.54, 1.807) is 14.2 Å². The molecular formula is C29H23N3O3. The van der Waals surface area contributed by atoms with Crippen LogP contribution in [0.2, 0.25) is 0 Å². The van der Waals surface area contributed by atoms with Crippen molar-refractivity contribution in [2.75, 3.05) is 19.5 Å². The van der Waals surface area contributed by atoms with Gasteiger partial charge in [0, 0.05) is 16.8 Å². The molecular weight excluding hydrogens is 438 g/mol. The molecule has 0 amide bonds. The maximum absolute atomic E-state index is 6.37. The van der Waals surface area contributed by atoms with E-state index in [0.29, 0.717) is 11.7 Å². The molecule has 0 fully saturated rings. The van der Waals surface area contributed by atoms with Crippen LogP contribution in [0.5, 0.6) is 23.1 Å². The molecule has 0 saturated heterocycles. The summed E-state index contributed by atoms with van der Waals surface area (Å²) in [5.41, 5.74) is 3.82. The number of fused-ring (bicyclic) bond motifs is 4. The first kappa shape index (κ1) is 21.0. The number of para-hydroxylation sites is 1. The summed E-state index contributed by atoms with van der Waals surface area (Å²) >= 11 is 0. The minimum absolute atomic E-state index is 0.210. The average Bonchev–Trinajstić information content (AvgIpc) is 2.92. The van der Waals surface area contributed by atoms with E-state index in [2.05, 4.69) is 45.6 Å². The van der Waals surface area contributed by atoms with Crippen LogP contribution in [0.25, 0.3) is 10.8 Å². The number of ether oxygens (including phenoxy) is 3. The Morgan fingerprint density at radius 1 is 0.771 bits per heavy atom. The van der Waals surface area contributed by atoms with E-state index in [0.717, 1.165) is 50.4 Å². The number of anilines is 2. The van der Waals surface area contributed by atoms with Crippen molar-refractivity contribution < 1.29 is 14.2 Å². The molecule has 6 heteroatoms. The van der Waals surface area contributed by atoms with Gasteiger partial charge in [-0.15, -0.1) is 0 Å². The summed E-state index contributed by atoms with van der Waals surface area (Å²) in [5, 5.41) is 5.73. The van der Waals surface area contributed by atoms with E-state index in [9.17, 15) is 0 Å². The lowest BCUT2D eigenvalue weighted by molar-refractivity contribution is 0.403. The Hall–Kier alpha value is -4.58. The molecule has 1 N–H and O–H groups in total. The minimum Gasteiger partial charge on any atom is -0.497 e. The molecule has 5 aromatic rings. The number of benzene rings is 4. The van der Waals surface area contributed by atoms with Gasteiger partial charge in [-0.25, -0.2) is 9.97 Å². The Morgan fingerprint density at radius 3 is 2.40 bits per heavy atom. The molecule has 0 radical (unpaired) electrons.